The predicted molar refractivity (Wildman–Crippen MR) is 162 cm³/mol. The van der Waals surface area contributed by atoms with E-state index < -0.39 is 28.2 Å². The van der Waals surface area contributed by atoms with Crippen molar-refractivity contribution in [1.82, 2.24) is 19.3 Å². The van der Waals surface area contributed by atoms with Crippen molar-refractivity contribution < 1.29 is 32.0 Å². The molecule has 0 saturated carbocycles. The first-order valence-electron chi connectivity index (χ1n) is 13.9. The molecule has 0 saturated heterocycles. The molecular formula is C29H37BrN4O7S. The average molecular weight is 666 g/mol. The molecule has 1 N–H and O–H groups in total. The van der Waals surface area contributed by atoms with Gasteiger partial charge in [-0.3, -0.25) is 4.79 Å². The Morgan fingerprint density at radius 3 is 2.67 bits per heavy atom. The van der Waals surface area contributed by atoms with Crippen LogP contribution in [0, 0.1) is 6.92 Å². The molecule has 2 unspecified atom stereocenters. The summed E-state index contributed by atoms with van der Waals surface area (Å²) in [5, 5.41) is 19.5. The van der Waals surface area contributed by atoms with E-state index in [0.717, 1.165) is 63.2 Å². The highest BCUT2D eigenvalue weighted by molar-refractivity contribution is 9.09. The van der Waals surface area contributed by atoms with Crippen LogP contribution in [0.3, 0.4) is 0 Å². The third-order valence-electron chi connectivity index (χ3n) is 7.50. The van der Waals surface area contributed by atoms with Crippen LogP contribution in [-0.4, -0.2) is 64.4 Å². The van der Waals surface area contributed by atoms with Gasteiger partial charge >= 0.3 is 16.3 Å². The number of alkyl halides is 1. The van der Waals surface area contributed by atoms with Crippen molar-refractivity contribution >= 4 is 43.2 Å². The first kappa shape index (κ1) is 31.8. The van der Waals surface area contributed by atoms with Gasteiger partial charge in [-0.25, -0.2) is 4.68 Å². The molecule has 1 aromatic heterocycles. The number of esters is 1. The SMILES string of the molecule is CCOC(=O)CC(c1ccc(OC)c(C(C)N2CC=C(O)OS2(=O)=O)c1)c1ccc2c(nnn2CCCCCBr)c1C. The van der Waals surface area contributed by atoms with Crippen molar-refractivity contribution in [3.05, 3.63) is 64.6 Å². The molecule has 11 nitrogen and oxygen atoms in total. The first-order valence-corrected chi connectivity index (χ1v) is 16.4. The van der Waals surface area contributed by atoms with Gasteiger partial charge in [0, 0.05) is 36.0 Å². The van der Waals surface area contributed by atoms with Gasteiger partial charge in [0.2, 0.25) is 0 Å². The minimum atomic E-state index is -4.23. The number of aliphatic hydroxyl groups excluding tert-OH is 1. The fourth-order valence-electron chi connectivity index (χ4n) is 5.30. The van der Waals surface area contributed by atoms with E-state index in [-0.39, 0.29) is 25.5 Å². The number of aliphatic hydroxyl groups is 1. The van der Waals surface area contributed by atoms with Crippen molar-refractivity contribution in [2.24, 2.45) is 0 Å². The summed E-state index contributed by atoms with van der Waals surface area (Å²) < 4.78 is 44.1. The van der Waals surface area contributed by atoms with E-state index in [1.54, 1.807) is 19.9 Å². The lowest BCUT2D eigenvalue weighted by Crippen LogP contribution is -2.38. The second-order valence-electron chi connectivity index (χ2n) is 10.1. The van der Waals surface area contributed by atoms with Crippen LogP contribution in [0.2, 0.25) is 0 Å². The maximum atomic E-state index is 12.8. The highest BCUT2D eigenvalue weighted by atomic mass is 79.9. The first-order chi connectivity index (χ1) is 20.1. The van der Waals surface area contributed by atoms with E-state index >= 15 is 0 Å². The number of aromatic nitrogens is 3. The fourth-order valence-corrected chi connectivity index (χ4v) is 6.84. The maximum absolute atomic E-state index is 12.8. The summed E-state index contributed by atoms with van der Waals surface area (Å²) in [6, 6.07) is 8.78. The van der Waals surface area contributed by atoms with Crippen LogP contribution in [0.15, 0.2) is 42.4 Å². The molecule has 2 heterocycles. The van der Waals surface area contributed by atoms with Crippen molar-refractivity contribution in [1.29, 1.82) is 0 Å². The lowest BCUT2D eigenvalue weighted by atomic mass is 9.84. The zero-order valence-corrected chi connectivity index (χ0v) is 26.6. The zero-order chi connectivity index (χ0) is 30.4. The van der Waals surface area contributed by atoms with Gasteiger partial charge in [-0.1, -0.05) is 39.7 Å². The molecule has 0 amide bonds. The monoisotopic (exact) mass is 664 g/mol. The summed E-state index contributed by atoms with van der Waals surface area (Å²) in [7, 11) is -2.72. The number of nitrogens with zero attached hydrogens (tertiary/aromatic N) is 4. The summed E-state index contributed by atoms with van der Waals surface area (Å²) in [5.74, 6) is -0.941. The number of fused-ring (bicyclic) bond motifs is 1. The predicted octanol–water partition coefficient (Wildman–Crippen LogP) is 5.44. The van der Waals surface area contributed by atoms with Gasteiger partial charge in [-0.2, -0.15) is 12.7 Å². The van der Waals surface area contributed by atoms with Gasteiger partial charge in [0.1, 0.15) is 11.3 Å². The number of rotatable bonds is 13. The van der Waals surface area contributed by atoms with E-state index in [2.05, 4.69) is 26.2 Å². The van der Waals surface area contributed by atoms with Crippen LogP contribution >= 0.6 is 15.9 Å². The molecule has 13 heteroatoms. The lowest BCUT2D eigenvalue weighted by Gasteiger charge is -2.30. The minimum Gasteiger partial charge on any atom is -0.496 e. The summed E-state index contributed by atoms with van der Waals surface area (Å²) in [5.41, 5.74) is 4.87. The molecule has 1 aliphatic heterocycles. The number of carbonyl (C=O) groups is 1. The molecule has 0 spiro atoms. The van der Waals surface area contributed by atoms with Gasteiger partial charge < -0.3 is 18.8 Å². The molecular weight excluding hydrogens is 628 g/mol. The maximum Gasteiger partial charge on any atom is 0.388 e. The number of ether oxygens (including phenoxy) is 2. The zero-order valence-electron chi connectivity index (χ0n) is 24.2. The van der Waals surface area contributed by atoms with E-state index in [9.17, 15) is 18.3 Å². The van der Waals surface area contributed by atoms with Crippen LogP contribution in [0.4, 0.5) is 0 Å². The molecule has 1 aliphatic rings. The van der Waals surface area contributed by atoms with Crippen LogP contribution in [0.5, 0.6) is 5.75 Å². The lowest BCUT2D eigenvalue weighted by molar-refractivity contribution is -0.143. The van der Waals surface area contributed by atoms with Crippen molar-refractivity contribution in [3.8, 4) is 5.75 Å². The highest BCUT2D eigenvalue weighted by Gasteiger charge is 2.35. The molecule has 0 aliphatic carbocycles. The van der Waals surface area contributed by atoms with Gasteiger partial charge in [0.15, 0.2) is 0 Å². The Morgan fingerprint density at radius 2 is 1.98 bits per heavy atom. The highest BCUT2D eigenvalue weighted by Crippen LogP contribution is 2.39. The van der Waals surface area contributed by atoms with Crippen LogP contribution in [0.25, 0.3) is 11.0 Å². The van der Waals surface area contributed by atoms with Crippen molar-refractivity contribution in [2.45, 2.75) is 65.0 Å². The van der Waals surface area contributed by atoms with Crippen molar-refractivity contribution in [3.63, 3.8) is 0 Å². The topological polar surface area (TPSA) is 133 Å². The van der Waals surface area contributed by atoms with Crippen LogP contribution in [0.1, 0.15) is 73.7 Å². The van der Waals surface area contributed by atoms with E-state index in [1.165, 1.54) is 13.2 Å². The van der Waals surface area contributed by atoms with E-state index in [0.29, 0.717) is 11.3 Å². The van der Waals surface area contributed by atoms with Gasteiger partial charge in [-0.05, 0) is 68.5 Å². The van der Waals surface area contributed by atoms with Crippen LogP contribution in [-0.2, 0) is 30.6 Å². The Balaban J connectivity index is 1.76. The summed E-state index contributed by atoms with van der Waals surface area (Å²) >= 11 is 3.47. The molecule has 228 valence electrons. The normalized spacial score (nSPS) is 16.5. The smallest absolute Gasteiger partial charge is 0.388 e. The summed E-state index contributed by atoms with van der Waals surface area (Å²) in [6.45, 7) is 6.41. The largest absolute Gasteiger partial charge is 0.496 e. The third-order valence-corrected chi connectivity index (χ3v) is 9.48. The van der Waals surface area contributed by atoms with Gasteiger partial charge in [0.25, 0.3) is 5.95 Å². The average Bonchev–Trinajstić information content (AvgIpc) is 3.37. The molecule has 3 aromatic rings. The Bertz CT molecular complexity index is 1560. The minimum absolute atomic E-state index is 0.0722. The molecule has 0 radical (unpaired) electrons. The Labute approximate surface area is 254 Å². The standard InChI is InChI=1S/C29H37BrN4O7S/c1-5-40-28(36)18-24(22-10-11-25-29(19(22)2)31-32-33(25)15-8-6-7-14-30)21-9-12-26(39-4)23(17-21)20(3)34-16-13-27(35)41-42(34,37)38/h9-13,17,20,24,35H,5-8,14-16,18H2,1-4H3. The second-order valence-corrected chi connectivity index (χ2v) is 12.4. The molecule has 42 heavy (non-hydrogen) atoms. The van der Waals surface area contributed by atoms with Crippen LogP contribution < -0.4 is 4.74 Å². The second kappa shape index (κ2) is 13.9. The van der Waals surface area contributed by atoms with E-state index in [1.807, 2.05) is 35.9 Å². The van der Waals surface area contributed by atoms with Crippen molar-refractivity contribution in [2.75, 3.05) is 25.6 Å². The van der Waals surface area contributed by atoms with Gasteiger partial charge in [-0.15, -0.1) is 5.10 Å². The number of methoxy groups -OCH3 is 1. The summed E-state index contributed by atoms with van der Waals surface area (Å²) in [6.07, 6.45) is 4.54. The number of halogens is 1. The van der Waals surface area contributed by atoms with E-state index in [4.69, 9.17) is 13.7 Å². The Morgan fingerprint density at radius 1 is 1.19 bits per heavy atom. The summed E-state index contributed by atoms with van der Waals surface area (Å²) in [4.78, 5) is 12.8. The molecule has 4 rings (SSSR count). The molecule has 0 bridgehead atoms. The fraction of sp³-hybridized carbons (Fsp3) is 0.483. The molecule has 2 atom stereocenters. The number of aryl methyl sites for hydroxylation is 2. The number of hydrogen-bond acceptors (Lipinski definition) is 9. The number of carbonyl (C=O) groups excluding carboxylic acids is 1. The Hall–Kier alpha value is -3.16. The quantitative estimate of drug-likeness (QED) is 0.144. The molecule has 0 fully saturated rings. The number of unbranched alkanes of at least 4 members (excludes halogenated alkanes) is 2. The third kappa shape index (κ3) is 6.90. The number of hydrogen-bond donors (Lipinski definition) is 1. The number of benzene rings is 2. The van der Waals surface area contributed by atoms with Gasteiger partial charge in [0.05, 0.1) is 31.7 Å². The Kier molecular flexibility index (Phi) is 10.5. The molecule has 2 aromatic carbocycles.